The monoisotopic (exact) mass is 325 g/mol. The van der Waals surface area contributed by atoms with Gasteiger partial charge in [-0.1, -0.05) is 23.7 Å². The van der Waals surface area contributed by atoms with E-state index in [4.69, 9.17) is 11.6 Å². The molecule has 0 fully saturated rings. The van der Waals surface area contributed by atoms with Gasteiger partial charge < -0.3 is 0 Å². The van der Waals surface area contributed by atoms with Crippen LogP contribution in [0, 0.1) is 0 Å². The van der Waals surface area contributed by atoms with Gasteiger partial charge in [-0.05, 0) is 24.3 Å². The number of rotatable bonds is 3. The van der Waals surface area contributed by atoms with Gasteiger partial charge in [0, 0.05) is 0 Å². The van der Waals surface area contributed by atoms with Crippen molar-refractivity contribution in [1.82, 2.24) is 9.97 Å². The maximum atomic E-state index is 12.1. The molecule has 0 unspecified atom stereocenters. The molecule has 0 aliphatic rings. The van der Waals surface area contributed by atoms with Crippen LogP contribution in [0.4, 0.5) is 5.82 Å². The number of fused-ring (bicyclic) bond motifs is 1. The van der Waals surface area contributed by atoms with Gasteiger partial charge in [0.25, 0.3) is 10.0 Å². The van der Waals surface area contributed by atoms with Gasteiger partial charge in [0.05, 0.1) is 21.6 Å². The molecule has 0 aliphatic heterocycles. The molecule has 1 aromatic carbocycles. The molecule has 0 saturated carbocycles. The van der Waals surface area contributed by atoms with Crippen LogP contribution >= 0.6 is 22.9 Å². The molecular weight excluding hydrogens is 318 g/mol. The second-order valence-electron chi connectivity index (χ2n) is 3.91. The van der Waals surface area contributed by atoms with Gasteiger partial charge in [0.1, 0.15) is 4.21 Å². The number of nitrogens with zero attached hydrogens (tertiary/aromatic N) is 2. The zero-order valence-corrected chi connectivity index (χ0v) is 12.3. The van der Waals surface area contributed by atoms with Gasteiger partial charge in [-0.3, -0.25) is 9.71 Å². The van der Waals surface area contributed by atoms with Crippen LogP contribution in [0.5, 0.6) is 0 Å². The van der Waals surface area contributed by atoms with Gasteiger partial charge in [0.15, 0.2) is 5.82 Å². The van der Waals surface area contributed by atoms with E-state index in [1.54, 1.807) is 12.1 Å². The molecule has 8 heteroatoms. The highest BCUT2D eigenvalue weighted by Crippen LogP contribution is 2.27. The summed E-state index contributed by atoms with van der Waals surface area (Å²) in [4.78, 5) is 8.36. The third kappa shape index (κ3) is 2.60. The molecule has 2 aromatic heterocycles. The number of aromatic nitrogens is 2. The van der Waals surface area contributed by atoms with Crippen LogP contribution in [0.25, 0.3) is 11.0 Å². The number of benzene rings is 1. The van der Waals surface area contributed by atoms with Gasteiger partial charge in [0.2, 0.25) is 0 Å². The lowest BCUT2D eigenvalue weighted by atomic mass is 10.3. The quantitative estimate of drug-likeness (QED) is 0.803. The highest BCUT2D eigenvalue weighted by atomic mass is 35.5. The molecule has 0 atom stereocenters. The van der Waals surface area contributed by atoms with Gasteiger partial charge >= 0.3 is 0 Å². The zero-order valence-electron chi connectivity index (χ0n) is 9.95. The minimum Gasteiger partial charge on any atom is -0.261 e. The topological polar surface area (TPSA) is 72.0 Å². The summed E-state index contributed by atoms with van der Waals surface area (Å²) in [6.45, 7) is 0. The molecule has 3 aromatic rings. The Bertz CT molecular complexity index is 877. The summed E-state index contributed by atoms with van der Waals surface area (Å²) in [6.07, 6.45) is 1.38. The van der Waals surface area contributed by atoms with Crippen LogP contribution in [-0.2, 0) is 10.0 Å². The molecule has 1 N–H and O–H groups in total. The molecule has 3 rings (SSSR count). The molecule has 0 spiro atoms. The van der Waals surface area contributed by atoms with E-state index in [9.17, 15) is 8.42 Å². The van der Waals surface area contributed by atoms with Gasteiger partial charge in [-0.25, -0.2) is 13.4 Å². The summed E-state index contributed by atoms with van der Waals surface area (Å²) in [7, 11) is -3.68. The second-order valence-corrected chi connectivity index (χ2v) is 7.53. The molecule has 20 heavy (non-hydrogen) atoms. The van der Waals surface area contributed by atoms with E-state index < -0.39 is 10.0 Å². The lowest BCUT2D eigenvalue weighted by Gasteiger charge is -2.05. The van der Waals surface area contributed by atoms with Crippen molar-refractivity contribution in [2.45, 2.75) is 4.21 Å². The Morgan fingerprint density at radius 1 is 1.10 bits per heavy atom. The molecule has 0 radical (unpaired) electrons. The van der Waals surface area contributed by atoms with E-state index in [1.807, 2.05) is 12.1 Å². The molecule has 0 bridgehead atoms. The van der Waals surface area contributed by atoms with Crippen LogP contribution in [-0.4, -0.2) is 18.4 Å². The first kappa shape index (κ1) is 13.3. The lowest BCUT2D eigenvalue weighted by molar-refractivity contribution is 0.603. The van der Waals surface area contributed by atoms with Crippen molar-refractivity contribution in [1.29, 1.82) is 0 Å². The smallest absolute Gasteiger partial charge is 0.261 e. The van der Waals surface area contributed by atoms with Gasteiger partial charge in [-0.15, -0.1) is 11.3 Å². The predicted molar refractivity (Wildman–Crippen MR) is 79.7 cm³/mol. The number of halogens is 1. The number of nitrogens with one attached hydrogen (secondary N) is 1. The Kier molecular flexibility index (Phi) is 3.33. The minimum atomic E-state index is -3.68. The number of hydrogen-bond acceptors (Lipinski definition) is 5. The molecule has 5 nitrogen and oxygen atoms in total. The Morgan fingerprint density at radius 3 is 2.55 bits per heavy atom. The van der Waals surface area contributed by atoms with Crippen molar-refractivity contribution in [3.8, 4) is 0 Å². The average molecular weight is 326 g/mol. The van der Waals surface area contributed by atoms with Crippen LogP contribution in [0.3, 0.4) is 0 Å². The number of thiophene rings is 1. The van der Waals surface area contributed by atoms with E-state index in [2.05, 4.69) is 14.7 Å². The highest BCUT2D eigenvalue weighted by Gasteiger charge is 2.17. The number of hydrogen-bond donors (Lipinski definition) is 1. The van der Waals surface area contributed by atoms with E-state index in [1.165, 1.54) is 18.3 Å². The molecule has 0 amide bonds. The second kappa shape index (κ2) is 5.01. The Morgan fingerprint density at radius 2 is 1.85 bits per heavy atom. The lowest BCUT2D eigenvalue weighted by Crippen LogP contribution is -2.12. The Balaban J connectivity index is 1.96. The molecular formula is C12H8ClN3O2S2. The predicted octanol–water partition coefficient (Wildman–Crippen LogP) is 3.15. The summed E-state index contributed by atoms with van der Waals surface area (Å²) >= 11 is 6.73. The third-order valence-corrected chi connectivity index (χ3v) is 5.58. The van der Waals surface area contributed by atoms with E-state index in [-0.39, 0.29) is 10.0 Å². The van der Waals surface area contributed by atoms with Crippen molar-refractivity contribution in [3.05, 3.63) is 46.9 Å². The average Bonchev–Trinajstić information content (AvgIpc) is 2.86. The van der Waals surface area contributed by atoms with Crippen LogP contribution < -0.4 is 4.72 Å². The molecule has 102 valence electrons. The highest BCUT2D eigenvalue weighted by molar-refractivity contribution is 7.94. The molecule has 0 saturated heterocycles. The van der Waals surface area contributed by atoms with E-state index in [0.717, 1.165) is 11.3 Å². The van der Waals surface area contributed by atoms with Crippen molar-refractivity contribution in [2.75, 3.05) is 4.72 Å². The van der Waals surface area contributed by atoms with Crippen LogP contribution in [0.1, 0.15) is 0 Å². The minimum absolute atomic E-state index is 0.137. The first-order chi connectivity index (χ1) is 9.54. The number of anilines is 1. The van der Waals surface area contributed by atoms with Gasteiger partial charge in [-0.2, -0.15) is 0 Å². The van der Waals surface area contributed by atoms with Crippen molar-refractivity contribution in [3.63, 3.8) is 0 Å². The zero-order chi connectivity index (χ0) is 14.2. The Hall–Kier alpha value is -1.70. The van der Waals surface area contributed by atoms with E-state index in [0.29, 0.717) is 15.4 Å². The van der Waals surface area contributed by atoms with Crippen molar-refractivity contribution < 1.29 is 8.42 Å². The van der Waals surface area contributed by atoms with Crippen LogP contribution in [0.2, 0.25) is 4.34 Å². The largest absolute Gasteiger partial charge is 0.272 e. The number of sulfonamides is 1. The summed E-state index contributed by atoms with van der Waals surface area (Å²) in [5.74, 6) is 0.174. The third-order valence-electron chi connectivity index (χ3n) is 2.50. The fourth-order valence-electron chi connectivity index (χ4n) is 1.64. The summed E-state index contributed by atoms with van der Waals surface area (Å²) in [5, 5.41) is 0. The summed E-state index contributed by atoms with van der Waals surface area (Å²) in [6, 6.07) is 10.2. The van der Waals surface area contributed by atoms with E-state index >= 15 is 0 Å². The summed E-state index contributed by atoms with van der Waals surface area (Å²) < 4.78 is 27.2. The summed E-state index contributed by atoms with van der Waals surface area (Å²) in [5.41, 5.74) is 1.33. The maximum Gasteiger partial charge on any atom is 0.272 e. The molecule has 0 aliphatic carbocycles. The Labute approximate surface area is 124 Å². The number of para-hydroxylation sites is 2. The normalized spacial score (nSPS) is 11.7. The maximum absolute atomic E-state index is 12.1. The first-order valence-corrected chi connectivity index (χ1v) is 8.22. The fraction of sp³-hybridized carbons (Fsp3) is 0. The van der Waals surface area contributed by atoms with Crippen molar-refractivity contribution in [2.24, 2.45) is 0 Å². The SMILES string of the molecule is O=S(=O)(Nc1cnc2ccccc2n1)c1ccc(Cl)s1. The molecule has 2 heterocycles. The first-order valence-electron chi connectivity index (χ1n) is 5.54. The standard InChI is InChI=1S/C12H8ClN3O2S2/c13-10-5-6-12(19-10)20(17,18)16-11-7-14-8-3-1-2-4-9(8)15-11/h1-7H,(H,15,16). The van der Waals surface area contributed by atoms with Crippen molar-refractivity contribution >= 4 is 49.8 Å². The van der Waals surface area contributed by atoms with Crippen LogP contribution in [0.15, 0.2) is 46.8 Å². The fourth-order valence-corrected chi connectivity index (χ4v) is 4.11.